The number of rotatable bonds is 7. The van der Waals surface area contributed by atoms with Crippen LogP contribution in [0.2, 0.25) is 5.02 Å². The number of nitrogens with zero attached hydrogens (tertiary/aromatic N) is 7. The first-order chi connectivity index (χ1) is 15.9. The summed E-state index contributed by atoms with van der Waals surface area (Å²) >= 11 is 5.97. The van der Waals surface area contributed by atoms with E-state index in [0.29, 0.717) is 36.7 Å². The molecule has 10 heteroatoms. The van der Waals surface area contributed by atoms with Crippen molar-refractivity contribution in [2.24, 2.45) is 5.92 Å². The fraction of sp³-hybridized carbons (Fsp3) is 0.435. The third kappa shape index (κ3) is 4.64. The number of amides is 2. The Bertz CT molecular complexity index is 1160. The quantitative estimate of drug-likeness (QED) is 0.567. The van der Waals surface area contributed by atoms with Crippen molar-refractivity contribution in [2.75, 3.05) is 23.8 Å². The van der Waals surface area contributed by atoms with Crippen LogP contribution in [0.3, 0.4) is 0 Å². The SMILES string of the molecule is Cc1nc(N[C@@H](C)c2cn(Cc3ccc(Cl)cc3)cn2)nc(N2C(=O)N(C)C[C@@H]2C2CC2)n1. The molecule has 2 aliphatic rings. The zero-order valence-electron chi connectivity index (χ0n) is 18.9. The minimum absolute atomic E-state index is 0.0579. The lowest BCUT2D eigenvalue weighted by Gasteiger charge is -2.22. The van der Waals surface area contributed by atoms with Gasteiger partial charge in [-0.25, -0.2) is 9.78 Å². The summed E-state index contributed by atoms with van der Waals surface area (Å²) < 4.78 is 2.03. The molecule has 3 heterocycles. The van der Waals surface area contributed by atoms with Gasteiger partial charge in [0.05, 0.1) is 24.1 Å². The summed E-state index contributed by atoms with van der Waals surface area (Å²) in [6.07, 6.45) is 6.11. The number of carbonyl (C=O) groups excluding carboxylic acids is 1. The molecule has 1 aromatic carbocycles. The molecule has 5 rings (SSSR count). The van der Waals surface area contributed by atoms with Gasteiger partial charge < -0.3 is 14.8 Å². The standard InChI is InChI=1S/C23H27ClN8O/c1-14(19-11-31(13-25-19)10-16-4-8-18(24)9-5-16)26-21-27-15(2)28-22(29-21)32-20(17-6-7-17)12-30(3)23(32)33/h4-5,8-9,11,13-14,17,20H,6-7,10,12H2,1-3H3,(H,26,27,28,29)/t14-,20+/m0/s1. The molecule has 2 atom stereocenters. The van der Waals surface area contributed by atoms with Crippen LogP contribution in [0.1, 0.15) is 42.9 Å². The maximum atomic E-state index is 12.8. The number of halogens is 1. The number of nitrogens with one attached hydrogen (secondary N) is 1. The molecule has 33 heavy (non-hydrogen) atoms. The van der Waals surface area contributed by atoms with Gasteiger partial charge in [0.1, 0.15) is 5.82 Å². The van der Waals surface area contributed by atoms with Crippen molar-refractivity contribution in [1.82, 2.24) is 29.4 Å². The highest BCUT2D eigenvalue weighted by Crippen LogP contribution is 2.39. The van der Waals surface area contributed by atoms with Crippen molar-refractivity contribution in [2.45, 2.75) is 45.3 Å². The first-order valence-corrected chi connectivity index (χ1v) is 11.5. The summed E-state index contributed by atoms with van der Waals surface area (Å²) in [7, 11) is 1.83. The van der Waals surface area contributed by atoms with Crippen LogP contribution in [-0.2, 0) is 6.54 Å². The van der Waals surface area contributed by atoms with Gasteiger partial charge in [-0.2, -0.15) is 15.0 Å². The van der Waals surface area contributed by atoms with Gasteiger partial charge in [-0.15, -0.1) is 0 Å². The van der Waals surface area contributed by atoms with Crippen molar-refractivity contribution >= 4 is 29.5 Å². The Morgan fingerprint density at radius 3 is 2.67 bits per heavy atom. The van der Waals surface area contributed by atoms with Crippen molar-refractivity contribution in [1.29, 1.82) is 0 Å². The zero-order valence-corrected chi connectivity index (χ0v) is 19.7. The van der Waals surface area contributed by atoms with Crippen LogP contribution in [0.5, 0.6) is 0 Å². The van der Waals surface area contributed by atoms with Gasteiger partial charge in [-0.1, -0.05) is 23.7 Å². The number of likely N-dealkylation sites (N-methyl/N-ethyl adjacent to an activating group) is 1. The van der Waals surface area contributed by atoms with Gasteiger partial charge in [0.25, 0.3) is 0 Å². The average Bonchev–Trinajstić information content (AvgIpc) is 3.44. The van der Waals surface area contributed by atoms with Gasteiger partial charge in [-0.3, -0.25) is 4.90 Å². The fourth-order valence-electron chi connectivity index (χ4n) is 4.24. The van der Waals surface area contributed by atoms with Crippen LogP contribution in [0.25, 0.3) is 0 Å². The fourth-order valence-corrected chi connectivity index (χ4v) is 4.36. The highest BCUT2D eigenvalue weighted by molar-refractivity contribution is 6.30. The van der Waals surface area contributed by atoms with Crippen molar-refractivity contribution < 1.29 is 4.79 Å². The van der Waals surface area contributed by atoms with E-state index >= 15 is 0 Å². The lowest BCUT2D eigenvalue weighted by molar-refractivity contribution is 0.229. The van der Waals surface area contributed by atoms with Gasteiger partial charge in [-0.05, 0) is 50.3 Å². The molecule has 1 N–H and O–H groups in total. The number of aromatic nitrogens is 5. The van der Waals surface area contributed by atoms with Gasteiger partial charge in [0.15, 0.2) is 0 Å². The number of anilines is 2. The summed E-state index contributed by atoms with van der Waals surface area (Å²) in [5, 5.41) is 4.05. The van der Waals surface area contributed by atoms with E-state index in [2.05, 4.69) is 25.3 Å². The smallest absolute Gasteiger partial charge is 0.327 e. The van der Waals surface area contributed by atoms with Gasteiger partial charge in [0.2, 0.25) is 11.9 Å². The van der Waals surface area contributed by atoms with E-state index in [1.54, 1.807) is 9.80 Å². The van der Waals surface area contributed by atoms with Crippen LogP contribution in [0.15, 0.2) is 36.8 Å². The molecule has 0 radical (unpaired) electrons. The Labute approximate surface area is 197 Å². The largest absolute Gasteiger partial charge is 0.346 e. The topological polar surface area (TPSA) is 92.1 Å². The van der Waals surface area contributed by atoms with E-state index in [0.717, 1.165) is 29.1 Å². The Hall–Kier alpha value is -3.20. The second kappa shape index (κ2) is 8.62. The lowest BCUT2D eigenvalue weighted by atomic mass is 10.2. The first-order valence-electron chi connectivity index (χ1n) is 11.2. The molecule has 2 fully saturated rings. The molecule has 172 valence electrons. The Morgan fingerprint density at radius 1 is 1.18 bits per heavy atom. The second-order valence-corrected chi connectivity index (χ2v) is 9.34. The van der Waals surface area contributed by atoms with E-state index in [4.69, 9.17) is 11.6 Å². The summed E-state index contributed by atoms with van der Waals surface area (Å²) in [5.74, 6) is 1.95. The maximum absolute atomic E-state index is 12.8. The molecule has 2 amide bonds. The first kappa shape index (κ1) is 21.6. The third-order valence-electron chi connectivity index (χ3n) is 6.16. The van der Waals surface area contributed by atoms with E-state index < -0.39 is 0 Å². The van der Waals surface area contributed by atoms with E-state index in [9.17, 15) is 4.79 Å². The minimum Gasteiger partial charge on any atom is -0.346 e. The van der Waals surface area contributed by atoms with Crippen LogP contribution in [0, 0.1) is 12.8 Å². The Balaban J connectivity index is 1.31. The summed E-state index contributed by atoms with van der Waals surface area (Å²) in [4.78, 5) is 34.4. The molecular formula is C23H27ClN8O. The molecule has 1 saturated carbocycles. The van der Waals surface area contributed by atoms with Crippen molar-refractivity contribution in [3.63, 3.8) is 0 Å². The summed E-state index contributed by atoms with van der Waals surface area (Å²) in [6, 6.07) is 7.72. The predicted octanol–water partition coefficient (Wildman–Crippen LogP) is 3.90. The molecule has 1 aliphatic carbocycles. The lowest BCUT2D eigenvalue weighted by Crippen LogP contribution is -2.37. The predicted molar refractivity (Wildman–Crippen MR) is 126 cm³/mol. The molecule has 9 nitrogen and oxygen atoms in total. The van der Waals surface area contributed by atoms with Gasteiger partial charge >= 0.3 is 6.03 Å². The van der Waals surface area contributed by atoms with Crippen molar-refractivity contribution in [3.8, 4) is 0 Å². The van der Waals surface area contributed by atoms with Crippen LogP contribution >= 0.6 is 11.6 Å². The molecule has 0 spiro atoms. The highest BCUT2D eigenvalue weighted by atomic mass is 35.5. The molecule has 0 unspecified atom stereocenters. The number of hydrogen-bond donors (Lipinski definition) is 1. The second-order valence-electron chi connectivity index (χ2n) is 8.91. The maximum Gasteiger partial charge on any atom is 0.327 e. The Kier molecular flexibility index (Phi) is 5.65. The van der Waals surface area contributed by atoms with Gasteiger partial charge in [0, 0.05) is 31.4 Å². The molecule has 2 aromatic heterocycles. The highest BCUT2D eigenvalue weighted by Gasteiger charge is 2.46. The average molecular weight is 467 g/mol. The monoisotopic (exact) mass is 466 g/mol. The van der Waals surface area contributed by atoms with E-state index in [-0.39, 0.29) is 18.1 Å². The van der Waals surface area contributed by atoms with E-state index in [1.807, 2.05) is 62.3 Å². The van der Waals surface area contributed by atoms with Crippen LogP contribution in [-0.4, -0.2) is 55.1 Å². The molecule has 3 aromatic rings. The molecule has 1 saturated heterocycles. The third-order valence-corrected chi connectivity index (χ3v) is 6.42. The van der Waals surface area contributed by atoms with E-state index in [1.165, 1.54) is 0 Å². The summed E-state index contributed by atoms with van der Waals surface area (Å²) in [5.41, 5.74) is 2.02. The zero-order chi connectivity index (χ0) is 23.1. The molecule has 0 bridgehead atoms. The number of hydrogen-bond acceptors (Lipinski definition) is 6. The molecular weight excluding hydrogens is 440 g/mol. The molecule has 1 aliphatic heterocycles. The number of urea groups is 1. The van der Waals surface area contributed by atoms with Crippen LogP contribution in [0.4, 0.5) is 16.7 Å². The van der Waals surface area contributed by atoms with Crippen LogP contribution < -0.4 is 10.2 Å². The Morgan fingerprint density at radius 2 is 1.94 bits per heavy atom. The summed E-state index contributed by atoms with van der Waals surface area (Å²) in [6.45, 7) is 5.24. The number of carbonyl (C=O) groups is 1. The number of benzene rings is 1. The number of aryl methyl sites for hydroxylation is 1. The number of imidazole rings is 1. The van der Waals surface area contributed by atoms with Crippen molar-refractivity contribution in [3.05, 3.63) is 58.9 Å². The minimum atomic E-state index is -0.123. The normalized spacial score (nSPS) is 19.3.